The van der Waals surface area contributed by atoms with E-state index in [-0.39, 0.29) is 11.5 Å². The molecular weight excluding hydrogens is 268 g/mol. The van der Waals surface area contributed by atoms with E-state index in [1.54, 1.807) is 35.4 Å². The number of aromatic nitrogens is 1. The smallest absolute Gasteiger partial charge is 0.329 e. The average Bonchev–Trinajstić information content (AvgIpc) is 2.74. The lowest BCUT2D eigenvalue weighted by Crippen LogP contribution is -2.26. The van der Waals surface area contributed by atoms with Crippen molar-refractivity contribution in [2.24, 2.45) is 0 Å². The van der Waals surface area contributed by atoms with E-state index in [0.29, 0.717) is 17.8 Å². The Balaban J connectivity index is 2.03. The van der Waals surface area contributed by atoms with Crippen molar-refractivity contribution in [1.29, 1.82) is 0 Å². The van der Waals surface area contributed by atoms with Crippen molar-refractivity contribution < 1.29 is 14.7 Å². The van der Waals surface area contributed by atoms with Gasteiger partial charge in [-0.2, -0.15) is 0 Å². The number of fused-ring (bicyclic) bond motifs is 1. The summed E-state index contributed by atoms with van der Waals surface area (Å²) in [5, 5.41) is 8.93. The van der Waals surface area contributed by atoms with Gasteiger partial charge in [0.1, 0.15) is 0 Å². The Hall–Kier alpha value is -2.95. The summed E-state index contributed by atoms with van der Waals surface area (Å²) in [5.74, 6) is -1.45. The number of carbonyl (C=O) groups is 2. The van der Waals surface area contributed by atoms with Gasteiger partial charge in [0.25, 0.3) is 5.91 Å². The minimum absolute atomic E-state index is 0.203. The van der Waals surface area contributed by atoms with Gasteiger partial charge < -0.3 is 10.0 Å². The molecule has 1 N–H and O–H groups in total. The molecule has 1 aliphatic rings. The zero-order valence-electron chi connectivity index (χ0n) is 11.1. The van der Waals surface area contributed by atoms with Gasteiger partial charge >= 0.3 is 5.97 Å². The Morgan fingerprint density at radius 2 is 1.95 bits per heavy atom. The Kier molecular flexibility index (Phi) is 3.23. The number of amides is 1. The summed E-state index contributed by atoms with van der Waals surface area (Å²) in [6.07, 6.45) is 2.62. The molecule has 0 spiro atoms. The second kappa shape index (κ2) is 5.20. The SMILES string of the molecule is O=C(O)/C=C1/C(=O)N(Cc2ccccn2)c2ccccc21. The minimum atomic E-state index is -1.13. The van der Waals surface area contributed by atoms with E-state index in [1.807, 2.05) is 18.2 Å². The van der Waals surface area contributed by atoms with Crippen LogP contribution in [0.3, 0.4) is 0 Å². The lowest BCUT2D eigenvalue weighted by atomic mass is 10.1. The largest absolute Gasteiger partial charge is 0.478 e. The topological polar surface area (TPSA) is 70.5 Å². The highest BCUT2D eigenvalue weighted by molar-refractivity contribution is 6.34. The number of hydrogen-bond donors (Lipinski definition) is 1. The second-order valence-electron chi connectivity index (χ2n) is 4.63. The lowest BCUT2D eigenvalue weighted by Gasteiger charge is -2.16. The fourth-order valence-corrected chi connectivity index (χ4v) is 2.38. The number of nitrogens with zero attached hydrogens (tertiary/aromatic N) is 2. The highest BCUT2D eigenvalue weighted by Gasteiger charge is 2.32. The molecule has 21 heavy (non-hydrogen) atoms. The van der Waals surface area contributed by atoms with Crippen LogP contribution in [0, 0.1) is 0 Å². The molecule has 3 rings (SSSR count). The molecule has 0 fully saturated rings. The number of aliphatic carboxylic acids is 1. The molecule has 1 aliphatic heterocycles. The third kappa shape index (κ3) is 2.41. The summed E-state index contributed by atoms with van der Waals surface area (Å²) in [6.45, 7) is 0.313. The van der Waals surface area contributed by atoms with Crippen LogP contribution >= 0.6 is 0 Å². The zero-order chi connectivity index (χ0) is 14.8. The Bertz CT molecular complexity index is 738. The van der Waals surface area contributed by atoms with E-state index in [1.165, 1.54) is 0 Å². The average molecular weight is 280 g/mol. The number of para-hydroxylation sites is 1. The Morgan fingerprint density at radius 1 is 1.19 bits per heavy atom. The molecular formula is C16H12N2O3. The summed E-state index contributed by atoms with van der Waals surface area (Å²) in [7, 11) is 0. The van der Waals surface area contributed by atoms with E-state index >= 15 is 0 Å². The number of benzene rings is 1. The van der Waals surface area contributed by atoms with Gasteiger partial charge in [-0.3, -0.25) is 9.78 Å². The van der Waals surface area contributed by atoms with Crippen LogP contribution in [0.5, 0.6) is 0 Å². The van der Waals surface area contributed by atoms with Crippen LogP contribution in [-0.2, 0) is 16.1 Å². The lowest BCUT2D eigenvalue weighted by molar-refractivity contribution is -0.131. The number of hydrogen-bond acceptors (Lipinski definition) is 3. The molecule has 1 aromatic heterocycles. The first-order valence-corrected chi connectivity index (χ1v) is 6.42. The number of carbonyl (C=O) groups excluding carboxylic acids is 1. The van der Waals surface area contributed by atoms with Crippen LogP contribution in [0.4, 0.5) is 5.69 Å². The van der Waals surface area contributed by atoms with Crippen LogP contribution in [0.2, 0.25) is 0 Å². The van der Waals surface area contributed by atoms with Crippen molar-refractivity contribution in [3.05, 3.63) is 66.0 Å². The molecule has 104 valence electrons. The van der Waals surface area contributed by atoms with E-state index in [9.17, 15) is 9.59 Å². The quantitative estimate of drug-likeness (QED) is 0.874. The first-order chi connectivity index (χ1) is 10.2. The van der Waals surface area contributed by atoms with Crippen LogP contribution in [0.25, 0.3) is 5.57 Å². The molecule has 0 atom stereocenters. The van der Waals surface area contributed by atoms with Crippen molar-refractivity contribution in [1.82, 2.24) is 4.98 Å². The Labute approximate surface area is 121 Å². The monoisotopic (exact) mass is 280 g/mol. The van der Waals surface area contributed by atoms with E-state index < -0.39 is 5.97 Å². The highest BCUT2D eigenvalue weighted by Crippen LogP contribution is 2.37. The maximum absolute atomic E-state index is 12.5. The first kappa shape index (κ1) is 13.1. The van der Waals surface area contributed by atoms with Crippen molar-refractivity contribution in [3.8, 4) is 0 Å². The summed E-state index contributed by atoms with van der Waals surface area (Å²) >= 11 is 0. The molecule has 0 saturated carbocycles. The van der Waals surface area contributed by atoms with Gasteiger partial charge in [0.15, 0.2) is 0 Å². The Morgan fingerprint density at radius 3 is 2.67 bits per heavy atom. The molecule has 1 amide bonds. The van der Waals surface area contributed by atoms with Gasteiger partial charge in [-0.05, 0) is 18.2 Å². The highest BCUT2D eigenvalue weighted by atomic mass is 16.4. The number of rotatable bonds is 3. The van der Waals surface area contributed by atoms with Crippen molar-refractivity contribution in [3.63, 3.8) is 0 Å². The maximum Gasteiger partial charge on any atom is 0.329 e. The van der Waals surface area contributed by atoms with E-state index in [0.717, 1.165) is 11.8 Å². The molecule has 5 nitrogen and oxygen atoms in total. The molecule has 2 aromatic rings. The van der Waals surface area contributed by atoms with Crippen LogP contribution in [0.15, 0.2) is 54.7 Å². The fourth-order valence-electron chi connectivity index (χ4n) is 2.38. The number of carboxylic acid groups (broad SMARTS) is 1. The molecule has 0 radical (unpaired) electrons. The third-order valence-electron chi connectivity index (χ3n) is 3.27. The molecule has 0 aliphatic carbocycles. The van der Waals surface area contributed by atoms with Crippen molar-refractivity contribution in [2.75, 3.05) is 4.90 Å². The maximum atomic E-state index is 12.5. The molecule has 1 aromatic carbocycles. The summed E-state index contributed by atoms with van der Waals surface area (Å²) < 4.78 is 0. The molecule has 5 heteroatoms. The van der Waals surface area contributed by atoms with E-state index in [4.69, 9.17) is 5.11 Å². The number of carboxylic acids is 1. The minimum Gasteiger partial charge on any atom is -0.478 e. The van der Waals surface area contributed by atoms with Crippen molar-refractivity contribution in [2.45, 2.75) is 6.54 Å². The first-order valence-electron chi connectivity index (χ1n) is 6.42. The standard InChI is InChI=1S/C16H12N2O3/c19-15(20)9-13-12-6-1-2-7-14(12)18(16(13)21)10-11-5-3-4-8-17-11/h1-9H,10H2,(H,19,20)/b13-9+. The predicted molar refractivity (Wildman–Crippen MR) is 77.5 cm³/mol. The van der Waals surface area contributed by atoms with E-state index in [2.05, 4.69) is 4.98 Å². The summed E-state index contributed by atoms with van der Waals surface area (Å²) in [6, 6.07) is 12.6. The van der Waals surface area contributed by atoms with Gasteiger partial charge in [-0.15, -0.1) is 0 Å². The summed E-state index contributed by atoms with van der Waals surface area (Å²) in [5.41, 5.74) is 2.30. The molecule has 0 unspecified atom stereocenters. The number of anilines is 1. The molecule has 0 saturated heterocycles. The fraction of sp³-hybridized carbons (Fsp3) is 0.0625. The van der Waals surface area contributed by atoms with Crippen LogP contribution in [0.1, 0.15) is 11.3 Å². The molecule has 0 bridgehead atoms. The van der Waals surface area contributed by atoms with Crippen LogP contribution < -0.4 is 4.90 Å². The molecule has 2 heterocycles. The normalized spacial score (nSPS) is 15.3. The van der Waals surface area contributed by atoms with Gasteiger partial charge in [0.2, 0.25) is 0 Å². The zero-order valence-corrected chi connectivity index (χ0v) is 11.1. The van der Waals surface area contributed by atoms with Crippen molar-refractivity contribution >= 4 is 23.1 Å². The summed E-state index contributed by atoms with van der Waals surface area (Å²) in [4.78, 5) is 29.1. The van der Waals surface area contributed by atoms with Crippen LogP contribution in [-0.4, -0.2) is 22.0 Å². The van der Waals surface area contributed by atoms with Gasteiger partial charge in [0, 0.05) is 17.8 Å². The second-order valence-corrected chi connectivity index (χ2v) is 4.63. The number of pyridine rings is 1. The van der Waals surface area contributed by atoms with Gasteiger partial charge in [0.05, 0.1) is 23.5 Å². The third-order valence-corrected chi connectivity index (χ3v) is 3.27. The predicted octanol–water partition coefficient (Wildman–Crippen LogP) is 2.10. The van der Waals surface area contributed by atoms with Gasteiger partial charge in [-0.1, -0.05) is 24.3 Å². The van der Waals surface area contributed by atoms with Gasteiger partial charge in [-0.25, -0.2) is 4.79 Å².